The number of hydrogen-bond donors (Lipinski definition) is 3. The van der Waals surface area contributed by atoms with E-state index in [1.165, 1.54) is 6.33 Å². The Kier molecular flexibility index (Phi) is 7.64. The van der Waals surface area contributed by atoms with Crippen LogP contribution in [-0.2, 0) is 4.79 Å². The number of fused-ring (bicyclic) bond motifs is 1. The normalized spacial score (nSPS) is 22.8. The summed E-state index contributed by atoms with van der Waals surface area (Å²) < 4.78 is 7.30. The minimum absolute atomic E-state index is 0.0154. The molecule has 0 atom stereocenters. The van der Waals surface area contributed by atoms with Crippen molar-refractivity contribution in [3.63, 3.8) is 0 Å². The van der Waals surface area contributed by atoms with Gasteiger partial charge >= 0.3 is 0 Å². The minimum Gasteiger partial charge on any atom is -0.369 e. The molecule has 0 spiro atoms. The van der Waals surface area contributed by atoms with E-state index < -0.39 is 0 Å². The summed E-state index contributed by atoms with van der Waals surface area (Å²) in [6.07, 6.45) is 9.68. The largest absolute Gasteiger partial charge is 0.369 e. The zero-order valence-electron chi connectivity index (χ0n) is 22.1. The predicted octanol–water partition coefficient (Wildman–Crippen LogP) is 5.49. The zero-order chi connectivity index (χ0) is 28.5. The molecule has 0 radical (unpaired) electrons. The van der Waals surface area contributed by atoms with Gasteiger partial charge in [0.1, 0.15) is 5.52 Å². The van der Waals surface area contributed by atoms with Gasteiger partial charge in [-0.3, -0.25) is 9.36 Å². The number of benzene rings is 1. The van der Waals surface area contributed by atoms with Crippen LogP contribution in [0.1, 0.15) is 74.8 Å². The third-order valence-electron chi connectivity index (χ3n) is 8.09. The third-order valence-corrected chi connectivity index (χ3v) is 8.69. The van der Waals surface area contributed by atoms with Gasteiger partial charge in [-0.05, 0) is 63.5 Å². The van der Waals surface area contributed by atoms with Crippen molar-refractivity contribution in [1.82, 2.24) is 29.7 Å². The summed E-state index contributed by atoms with van der Waals surface area (Å²) in [7, 11) is 0. The average Bonchev–Trinajstić information content (AvgIpc) is 3.63. The first-order valence-electron chi connectivity index (χ1n) is 13.6. The number of nitrogens with zero attached hydrogens (tertiary/aromatic N) is 7. The Bertz CT molecular complexity index is 1580. The molecule has 2 fully saturated rings. The third kappa shape index (κ3) is 5.64. The molecule has 2 aliphatic rings. The molecule has 3 heterocycles. The van der Waals surface area contributed by atoms with E-state index in [2.05, 4.69) is 31.8 Å². The molecule has 2 saturated carbocycles. The van der Waals surface area contributed by atoms with Crippen LogP contribution in [0.25, 0.3) is 11.2 Å². The lowest BCUT2D eigenvalue weighted by Gasteiger charge is -2.29. The summed E-state index contributed by atoms with van der Waals surface area (Å²) in [5.74, 6) is 1.57. The maximum Gasteiger partial charge on any atom is 0.229 e. The molecule has 41 heavy (non-hydrogen) atoms. The van der Waals surface area contributed by atoms with Gasteiger partial charge in [-0.25, -0.2) is 9.97 Å². The van der Waals surface area contributed by atoms with Crippen LogP contribution in [0.5, 0.6) is 0 Å². The van der Waals surface area contributed by atoms with Crippen molar-refractivity contribution in [1.29, 1.82) is 5.26 Å². The smallest absolute Gasteiger partial charge is 0.229 e. The van der Waals surface area contributed by atoms with E-state index in [-0.39, 0.29) is 29.8 Å². The Morgan fingerprint density at radius 2 is 1.78 bits per heavy atom. The summed E-state index contributed by atoms with van der Waals surface area (Å²) in [6, 6.07) is 5.38. The second kappa shape index (κ2) is 11.5. The lowest BCUT2D eigenvalue weighted by atomic mass is 9.85. The second-order valence-electron chi connectivity index (χ2n) is 10.6. The van der Waals surface area contributed by atoms with Crippen molar-refractivity contribution >= 4 is 57.9 Å². The first-order valence-corrected chi connectivity index (χ1v) is 14.4. The Labute approximate surface area is 245 Å². The number of hydrogen-bond acceptors (Lipinski definition) is 10. The van der Waals surface area contributed by atoms with E-state index in [0.29, 0.717) is 63.1 Å². The van der Waals surface area contributed by atoms with Crippen LogP contribution in [0.3, 0.4) is 0 Å². The van der Waals surface area contributed by atoms with E-state index in [1.807, 2.05) is 4.57 Å². The first kappa shape index (κ1) is 27.2. The molecule has 2 aliphatic carbocycles. The monoisotopic (exact) mass is 594 g/mol. The molecule has 1 amide bonds. The van der Waals surface area contributed by atoms with Crippen molar-refractivity contribution in [2.75, 3.05) is 10.6 Å². The molecular weight excluding hydrogens is 567 g/mol. The highest BCUT2D eigenvalue weighted by molar-refractivity contribution is 6.39. The number of carbonyl (C=O) groups excluding carboxylic acids is 1. The Morgan fingerprint density at radius 3 is 2.41 bits per heavy atom. The van der Waals surface area contributed by atoms with Gasteiger partial charge in [0.15, 0.2) is 12.0 Å². The van der Waals surface area contributed by atoms with Gasteiger partial charge in [0.05, 0.1) is 33.6 Å². The summed E-state index contributed by atoms with van der Waals surface area (Å²) >= 11 is 13.0. The summed E-state index contributed by atoms with van der Waals surface area (Å²) in [5.41, 5.74) is 7.66. The van der Waals surface area contributed by atoms with Gasteiger partial charge in [0.25, 0.3) is 0 Å². The summed E-state index contributed by atoms with van der Waals surface area (Å²) in [6.45, 7) is 0. The molecule has 6 rings (SSSR count). The molecule has 0 bridgehead atoms. The molecule has 0 aliphatic heterocycles. The van der Waals surface area contributed by atoms with Crippen LogP contribution >= 0.6 is 23.2 Å². The van der Waals surface area contributed by atoms with Crippen molar-refractivity contribution < 1.29 is 9.32 Å². The van der Waals surface area contributed by atoms with E-state index in [9.17, 15) is 10.1 Å². The highest BCUT2D eigenvalue weighted by Gasteiger charge is 2.30. The quantitative estimate of drug-likeness (QED) is 0.248. The fourth-order valence-electron chi connectivity index (χ4n) is 5.91. The van der Waals surface area contributed by atoms with Crippen LogP contribution in [0.15, 0.2) is 29.2 Å². The number of imidazole rings is 1. The van der Waals surface area contributed by atoms with Gasteiger partial charge in [-0.2, -0.15) is 15.2 Å². The van der Waals surface area contributed by atoms with Gasteiger partial charge < -0.3 is 20.9 Å². The Balaban J connectivity index is 1.29. The van der Waals surface area contributed by atoms with E-state index in [1.54, 1.807) is 18.3 Å². The van der Waals surface area contributed by atoms with E-state index >= 15 is 0 Å². The van der Waals surface area contributed by atoms with Gasteiger partial charge in [-0.1, -0.05) is 28.4 Å². The van der Waals surface area contributed by atoms with Gasteiger partial charge in [0, 0.05) is 23.9 Å². The standard InChI is InChI=1S/C27H28Cl2N10O2/c28-19-9-14(11-30)10-20(29)22(19)37-27-36-21-12-32-26(35-17-5-1-16(2-6-17)25-33-13-34-41-25)38-24(21)39(27)18-7-3-15(4-8-18)23(31)40/h9-10,12-13,15-18H,1-8H2,(H2,31,40)(H,36,37)(H,32,35,38)/t15-,16?,17?,18+. The molecule has 3 aromatic heterocycles. The molecule has 14 heteroatoms. The van der Waals surface area contributed by atoms with Crippen LogP contribution in [-0.4, -0.2) is 41.6 Å². The lowest BCUT2D eigenvalue weighted by Crippen LogP contribution is -2.29. The zero-order valence-corrected chi connectivity index (χ0v) is 23.6. The summed E-state index contributed by atoms with van der Waals surface area (Å²) in [5, 5.41) is 20.4. The number of amides is 1. The molecule has 4 aromatic rings. The number of rotatable bonds is 7. The Morgan fingerprint density at radius 1 is 1.05 bits per heavy atom. The van der Waals surface area contributed by atoms with E-state index in [4.69, 9.17) is 43.4 Å². The topological polar surface area (TPSA) is 173 Å². The number of anilines is 3. The predicted molar refractivity (Wildman–Crippen MR) is 153 cm³/mol. The number of aromatic nitrogens is 6. The van der Waals surface area contributed by atoms with Crippen molar-refractivity contribution in [3.8, 4) is 6.07 Å². The highest BCUT2D eigenvalue weighted by atomic mass is 35.5. The fourth-order valence-corrected chi connectivity index (χ4v) is 6.49. The average molecular weight is 595 g/mol. The number of halogens is 2. The fraction of sp³-hybridized carbons (Fsp3) is 0.444. The van der Waals surface area contributed by atoms with Crippen molar-refractivity contribution in [3.05, 3.63) is 46.2 Å². The van der Waals surface area contributed by atoms with Crippen LogP contribution in [0, 0.1) is 17.2 Å². The number of nitrogens with one attached hydrogen (secondary N) is 2. The molecule has 4 N–H and O–H groups in total. The summed E-state index contributed by atoms with van der Waals surface area (Å²) in [4.78, 5) is 30.3. The SMILES string of the molecule is N#Cc1cc(Cl)c(Nc2nc3cnc(NC4CCC(c5ncno5)CC4)nc3n2[C@H]2CC[C@@H](C(N)=O)CC2)c(Cl)c1. The van der Waals surface area contributed by atoms with Crippen molar-refractivity contribution in [2.24, 2.45) is 11.7 Å². The minimum atomic E-state index is -0.268. The van der Waals surface area contributed by atoms with E-state index in [0.717, 1.165) is 38.5 Å². The molecule has 212 valence electrons. The lowest BCUT2D eigenvalue weighted by molar-refractivity contribution is -0.122. The molecular formula is C27H28Cl2N10O2. The molecule has 0 saturated heterocycles. The Hall–Kier alpha value is -3.95. The molecule has 1 aromatic carbocycles. The maximum absolute atomic E-state index is 11.8. The van der Waals surface area contributed by atoms with Gasteiger partial charge in [-0.15, -0.1) is 0 Å². The van der Waals surface area contributed by atoms with Crippen LogP contribution < -0.4 is 16.4 Å². The molecule has 12 nitrogen and oxygen atoms in total. The molecule has 0 unspecified atom stereocenters. The van der Waals surface area contributed by atoms with Crippen LogP contribution in [0.4, 0.5) is 17.6 Å². The number of primary amides is 1. The number of nitrogens with two attached hydrogens (primary N) is 1. The van der Waals surface area contributed by atoms with Crippen molar-refractivity contribution in [2.45, 2.75) is 69.4 Å². The number of carbonyl (C=O) groups is 1. The van der Waals surface area contributed by atoms with Gasteiger partial charge in [0.2, 0.25) is 23.7 Å². The number of nitriles is 1. The first-order chi connectivity index (χ1) is 19.9. The maximum atomic E-state index is 11.8. The second-order valence-corrected chi connectivity index (χ2v) is 11.5. The van der Waals surface area contributed by atoms with Crippen LogP contribution in [0.2, 0.25) is 10.0 Å². The highest BCUT2D eigenvalue weighted by Crippen LogP contribution is 2.40.